The van der Waals surface area contributed by atoms with Crippen molar-refractivity contribution in [2.45, 2.75) is 6.92 Å². The number of carbonyl (C=O) groups is 2. The molecule has 4 heteroatoms. The third-order valence-corrected chi connectivity index (χ3v) is 2.60. The Bertz CT molecular complexity index is 621. The van der Waals surface area contributed by atoms with Crippen LogP contribution in [0.2, 0.25) is 0 Å². The summed E-state index contributed by atoms with van der Waals surface area (Å²) in [6.45, 7) is 1.38. The van der Waals surface area contributed by atoms with E-state index < -0.39 is 0 Å². The zero-order chi connectivity index (χ0) is 13.8. The van der Waals surface area contributed by atoms with E-state index in [0.29, 0.717) is 11.3 Å². The van der Waals surface area contributed by atoms with Gasteiger partial charge in [-0.05, 0) is 12.1 Å². The molecule has 0 aliphatic carbocycles. The van der Waals surface area contributed by atoms with Crippen LogP contribution in [0.25, 0.3) is 0 Å². The van der Waals surface area contributed by atoms with Gasteiger partial charge in [-0.15, -0.1) is 0 Å². The maximum Gasteiger partial charge on any atom is 0.221 e. The molecule has 0 aliphatic rings. The summed E-state index contributed by atoms with van der Waals surface area (Å²) in [6, 6.07) is 13.1. The van der Waals surface area contributed by atoms with E-state index in [1.165, 1.54) is 19.1 Å². The average Bonchev–Trinajstić information content (AvgIpc) is 2.38. The summed E-state index contributed by atoms with van der Waals surface area (Å²) in [5.74, 6) is -0.644. The summed E-state index contributed by atoms with van der Waals surface area (Å²) in [5.41, 5.74) is 1.17. The first kappa shape index (κ1) is 12.8. The van der Waals surface area contributed by atoms with Gasteiger partial charge in [0.1, 0.15) is 5.75 Å². The van der Waals surface area contributed by atoms with Gasteiger partial charge in [-0.3, -0.25) is 9.59 Å². The fraction of sp³-hybridized carbons (Fsp3) is 0.0667. The fourth-order valence-electron chi connectivity index (χ4n) is 1.75. The minimum atomic E-state index is -0.257. The molecule has 0 aliphatic heterocycles. The molecule has 0 aromatic heterocycles. The third-order valence-electron chi connectivity index (χ3n) is 2.60. The van der Waals surface area contributed by atoms with Crippen LogP contribution >= 0.6 is 0 Å². The summed E-state index contributed by atoms with van der Waals surface area (Å²) in [6.07, 6.45) is 0. The van der Waals surface area contributed by atoms with E-state index in [1.807, 2.05) is 6.07 Å². The summed E-state index contributed by atoms with van der Waals surface area (Å²) >= 11 is 0. The lowest BCUT2D eigenvalue weighted by molar-refractivity contribution is -0.114. The highest BCUT2D eigenvalue weighted by molar-refractivity contribution is 6.11. The number of nitrogens with one attached hydrogen (secondary N) is 1. The Kier molecular flexibility index (Phi) is 3.61. The zero-order valence-corrected chi connectivity index (χ0v) is 10.4. The van der Waals surface area contributed by atoms with Crippen LogP contribution in [0.3, 0.4) is 0 Å². The van der Waals surface area contributed by atoms with Crippen LogP contribution in [0, 0.1) is 0 Å². The van der Waals surface area contributed by atoms with Gasteiger partial charge in [0.15, 0.2) is 5.78 Å². The van der Waals surface area contributed by atoms with Gasteiger partial charge in [-0.1, -0.05) is 30.3 Å². The molecule has 0 saturated carbocycles. The number of anilines is 1. The Morgan fingerprint density at radius 3 is 2.32 bits per heavy atom. The Morgan fingerprint density at radius 1 is 1.05 bits per heavy atom. The van der Waals surface area contributed by atoms with Crippen molar-refractivity contribution in [3.05, 3.63) is 59.7 Å². The van der Waals surface area contributed by atoms with Crippen molar-refractivity contribution < 1.29 is 14.7 Å². The largest absolute Gasteiger partial charge is 0.507 e. The van der Waals surface area contributed by atoms with E-state index in [0.717, 1.165) is 0 Å². The lowest BCUT2D eigenvalue weighted by Gasteiger charge is -2.07. The molecule has 0 radical (unpaired) electrons. The summed E-state index contributed by atoms with van der Waals surface area (Å²) in [5, 5.41) is 12.4. The number of carbonyl (C=O) groups excluding carboxylic acids is 2. The molecule has 2 aromatic carbocycles. The van der Waals surface area contributed by atoms with Gasteiger partial charge in [-0.25, -0.2) is 0 Å². The van der Waals surface area contributed by atoms with Gasteiger partial charge in [0.2, 0.25) is 5.91 Å². The Hall–Kier alpha value is -2.62. The number of amides is 1. The second-order valence-corrected chi connectivity index (χ2v) is 4.11. The van der Waals surface area contributed by atoms with Crippen LogP contribution in [0.15, 0.2) is 48.5 Å². The van der Waals surface area contributed by atoms with Crippen molar-refractivity contribution >= 4 is 17.4 Å². The number of rotatable bonds is 3. The van der Waals surface area contributed by atoms with Gasteiger partial charge < -0.3 is 10.4 Å². The maximum atomic E-state index is 12.2. The highest BCUT2D eigenvalue weighted by atomic mass is 16.3. The molecule has 0 spiro atoms. The Morgan fingerprint density at radius 2 is 1.74 bits per heavy atom. The number of aromatic hydroxyl groups is 1. The van der Waals surface area contributed by atoms with E-state index in [4.69, 9.17) is 0 Å². The minimum Gasteiger partial charge on any atom is -0.507 e. The number of ketones is 1. The number of phenolic OH excluding ortho intramolecular Hbond substituents is 1. The van der Waals surface area contributed by atoms with Crippen molar-refractivity contribution in [1.82, 2.24) is 0 Å². The molecule has 0 fully saturated rings. The van der Waals surface area contributed by atoms with Crippen molar-refractivity contribution in [2.24, 2.45) is 0 Å². The maximum absolute atomic E-state index is 12.2. The molecule has 2 rings (SSSR count). The van der Waals surface area contributed by atoms with E-state index in [2.05, 4.69) is 5.32 Å². The minimum absolute atomic E-state index is 0.153. The molecule has 19 heavy (non-hydrogen) atoms. The number of hydrogen-bond donors (Lipinski definition) is 2. The monoisotopic (exact) mass is 255 g/mol. The Labute approximate surface area is 110 Å². The molecule has 0 unspecified atom stereocenters. The lowest BCUT2D eigenvalue weighted by Crippen LogP contribution is -2.07. The molecule has 4 nitrogen and oxygen atoms in total. The molecule has 2 N–H and O–H groups in total. The van der Waals surface area contributed by atoms with Gasteiger partial charge in [-0.2, -0.15) is 0 Å². The topological polar surface area (TPSA) is 66.4 Å². The van der Waals surface area contributed by atoms with Gasteiger partial charge >= 0.3 is 0 Å². The lowest BCUT2D eigenvalue weighted by atomic mass is 10.0. The third kappa shape index (κ3) is 2.98. The quantitative estimate of drug-likeness (QED) is 0.828. The van der Waals surface area contributed by atoms with Crippen molar-refractivity contribution in [3.8, 4) is 5.75 Å². The normalized spacial score (nSPS) is 9.95. The number of phenols is 1. The second-order valence-electron chi connectivity index (χ2n) is 4.11. The molecule has 0 heterocycles. The predicted octanol–water partition coefficient (Wildman–Crippen LogP) is 2.58. The molecular weight excluding hydrogens is 242 g/mol. The van der Waals surface area contributed by atoms with Crippen LogP contribution in [0.5, 0.6) is 5.75 Å². The summed E-state index contributed by atoms with van der Waals surface area (Å²) in [7, 11) is 0. The summed E-state index contributed by atoms with van der Waals surface area (Å²) in [4.78, 5) is 23.1. The van der Waals surface area contributed by atoms with Gasteiger partial charge in [0.25, 0.3) is 0 Å². The second kappa shape index (κ2) is 5.35. The zero-order valence-electron chi connectivity index (χ0n) is 10.4. The number of hydrogen-bond acceptors (Lipinski definition) is 3. The fourth-order valence-corrected chi connectivity index (χ4v) is 1.75. The van der Waals surface area contributed by atoms with Crippen molar-refractivity contribution in [2.75, 3.05) is 5.32 Å². The SMILES string of the molecule is CC(=O)Nc1ccc(C(=O)c2ccccc2)c(O)c1. The highest BCUT2D eigenvalue weighted by Crippen LogP contribution is 2.24. The van der Waals surface area contributed by atoms with Crippen LogP contribution < -0.4 is 5.32 Å². The van der Waals surface area contributed by atoms with Gasteiger partial charge in [0, 0.05) is 24.2 Å². The highest BCUT2D eigenvalue weighted by Gasteiger charge is 2.13. The average molecular weight is 255 g/mol. The molecule has 1 amide bonds. The standard InChI is InChI=1S/C15H13NO3/c1-10(17)16-12-7-8-13(14(18)9-12)15(19)11-5-3-2-4-6-11/h2-9,18H,1H3,(H,16,17). The van der Waals surface area contributed by atoms with E-state index in [9.17, 15) is 14.7 Å². The summed E-state index contributed by atoms with van der Waals surface area (Å²) < 4.78 is 0. The van der Waals surface area contributed by atoms with Crippen LogP contribution in [-0.4, -0.2) is 16.8 Å². The molecule has 0 atom stereocenters. The molecule has 2 aromatic rings. The van der Waals surface area contributed by atoms with Crippen LogP contribution in [-0.2, 0) is 4.79 Å². The van der Waals surface area contributed by atoms with E-state index >= 15 is 0 Å². The van der Waals surface area contributed by atoms with Crippen LogP contribution in [0.1, 0.15) is 22.8 Å². The molecule has 0 bridgehead atoms. The van der Waals surface area contributed by atoms with Crippen LogP contribution in [0.4, 0.5) is 5.69 Å². The molecular formula is C15H13NO3. The number of benzene rings is 2. The van der Waals surface area contributed by atoms with E-state index in [-0.39, 0.29) is 23.0 Å². The smallest absolute Gasteiger partial charge is 0.221 e. The first-order valence-corrected chi connectivity index (χ1v) is 5.78. The first-order valence-electron chi connectivity index (χ1n) is 5.78. The van der Waals surface area contributed by atoms with Crippen molar-refractivity contribution in [3.63, 3.8) is 0 Å². The van der Waals surface area contributed by atoms with E-state index in [1.54, 1.807) is 30.3 Å². The van der Waals surface area contributed by atoms with Gasteiger partial charge in [0.05, 0.1) is 5.56 Å². The molecule has 96 valence electrons. The first-order chi connectivity index (χ1) is 9.08. The molecule has 0 saturated heterocycles. The van der Waals surface area contributed by atoms with Crippen molar-refractivity contribution in [1.29, 1.82) is 0 Å². The predicted molar refractivity (Wildman–Crippen MR) is 72.3 cm³/mol. The Balaban J connectivity index is 2.31.